The predicted molar refractivity (Wildman–Crippen MR) is 93.6 cm³/mol. The van der Waals surface area contributed by atoms with E-state index in [1.165, 1.54) is 13.2 Å². The number of nitrogens with zero attached hydrogens (tertiary/aromatic N) is 1. The van der Waals surface area contributed by atoms with E-state index in [-0.39, 0.29) is 23.3 Å². The molecule has 3 rings (SSSR count). The summed E-state index contributed by atoms with van der Waals surface area (Å²) in [5.74, 6) is 1.10. The number of phenolic OH excluding ortho intramolecular Hbond substituents is 2. The molecule has 0 amide bonds. The lowest BCUT2D eigenvalue weighted by atomic mass is 9.95. The van der Waals surface area contributed by atoms with E-state index < -0.39 is 0 Å². The molecular formula is C19H23NO5. The number of ether oxygens (including phenoxy) is 3. The predicted octanol–water partition coefficient (Wildman–Crippen LogP) is 2.54. The Bertz CT molecular complexity index is 710. The van der Waals surface area contributed by atoms with Crippen molar-refractivity contribution >= 4 is 0 Å². The Morgan fingerprint density at radius 2 is 1.64 bits per heavy atom. The van der Waals surface area contributed by atoms with Crippen molar-refractivity contribution in [1.29, 1.82) is 0 Å². The van der Waals surface area contributed by atoms with Gasteiger partial charge in [-0.25, -0.2) is 0 Å². The lowest BCUT2D eigenvalue weighted by Crippen LogP contribution is -2.39. The Hall–Kier alpha value is -2.44. The third kappa shape index (κ3) is 3.65. The molecule has 0 saturated carbocycles. The van der Waals surface area contributed by atoms with Gasteiger partial charge < -0.3 is 24.4 Å². The van der Waals surface area contributed by atoms with Crippen molar-refractivity contribution in [2.45, 2.75) is 6.04 Å². The molecule has 6 nitrogen and oxygen atoms in total. The lowest BCUT2D eigenvalue weighted by molar-refractivity contribution is 0.0235. The van der Waals surface area contributed by atoms with E-state index in [2.05, 4.69) is 4.90 Å². The number of aromatic hydroxyl groups is 2. The van der Waals surface area contributed by atoms with Crippen LogP contribution < -0.4 is 9.47 Å². The maximum atomic E-state index is 10.5. The van der Waals surface area contributed by atoms with Crippen molar-refractivity contribution in [2.75, 3.05) is 40.5 Å². The number of hydrogen-bond acceptors (Lipinski definition) is 6. The molecule has 1 aliphatic rings. The van der Waals surface area contributed by atoms with Crippen LogP contribution in [0.15, 0.2) is 36.4 Å². The van der Waals surface area contributed by atoms with Gasteiger partial charge in [-0.05, 0) is 23.8 Å². The molecule has 0 aromatic heterocycles. The molecule has 1 aliphatic heterocycles. The third-order valence-corrected chi connectivity index (χ3v) is 4.47. The van der Waals surface area contributed by atoms with E-state index in [0.29, 0.717) is 18.8 Å². The molecule has 1 atom stereocenters. The molecule has 0 bridgehead atoms. The van der Waals surface area contributed by atoms with Crippen LogP contribution in [0.3, 0.4) is 0 Å². The van der Waals surface area contributed by atoms with E-state index in [4.69, 9.17) is 14.2 Å². The summed E-state index contributed by atoms with van der Waals surface area (Å²) < 4.78 is 15.8. The van der Waals surface area contributed by atoms with E-state index >= 15 is 0 Å². The monoisotopic (exact) mass is 345 g/mol. The van der Waals surface area contributed by atoms with E-state index in [1.54, 1.807) is 13.2 Å². The van der Waals surface area contributed by atoms with Gasteiger partial charge in [-0.3, -0.25) is 4.90 Å². The van der Waals surface area contributed by atoms with Crippen molar-refractivity contribution in [2.24, 2.45) is 0 Å². The molecule has 6 heteroatoms. The molecular weight excluding hydrogens is 322 g/mol. The average Bonchev–Trinajstić information content (AvgIpc) is 2.66. The molecule has 134 valence electrons. The zero-order valence-electron chi connectivity index (χ0n) is 14.4. The zero-order valence-corrected chi connectivity index (χ0v) is 14.4. The first-order valence-electron chi connectivity index (χ1n) is 8.19. The quantitative estimate of drug-likeness (QED) is 0.812. The van der Waals surface area contributed by atoms with E-state index in [9.17, 15) is 10.2 Å². The molecule has 1 heterocycles. The van der Waals surface area contributed by atoms with Gasteiger partial charge in [0, 0.05) is 24.7 Å². The van der Waals surface area contributed by atoms with Gasteiger partial charge in [0.25, 0.3) is 0 Å². The second-order valence-corrected chi connectivity index (χ2v) is 5.91. The van der Waals surface area contributed by atoms with Gasteiger partial charge in [-0.1, -0.05) is 12.1 Å². The molecule has 1 fully saturated rings. The van der Waals surface area contributed by atoms with Gasteiger partial charge in [-0.2, -0.15) is 0 Å². The number of rotatable bonds is 5. The standard InChI is InChI=1S/C19H23NO5/c1-23-14-5-3-13(4-6-14)19(20-7-9-25-10-8-20)15-11-17(22)18(24-2)12-16(15)21/h3-6,11-12,19,21-22H,7-10H2,1-2H3. The zero-order chi connectivity index (χ0) is 17.8. The molecule has 0 radical (unpaired) electrons. The van der Waals surface area contributed by atoms with Crippen molar-refractivity contribution in [3.63, 3.8) is 0 Å². The van der Waals surface area contributed by atoms with Crippen LogP contribution >= 0.6 is 0 Å². The lowest BCUT2D eigenvalue weighted by Gasteiger charge is -2.35. The van der Waals surface area contributed by atoms with Crippen LogP contribution in [0, 0.1) is 0 Å². The molecule has 2 N–H and O–H groups in total. The van der Waals surface area contributed by atoms with Crippen molar-refractivity contribution in [1.82, 2.24) is 4.90 Å². The number of phenols is 2. The van der Waals surface area contributed by atoms with Gasteiger partial charge >= 0.3 is 0 Å². The minimum absolute atomic E-state index is 0.00192. The molecule has 1 saturated heterocycles. The second kappa shape index (κ2) is 7.63. The van der Waals surface area contributed by atoms with Crippen LogP contribution in [-0.4, -0.2) is 55.6 Å². The molecule has 2 aromatic carbocycles. The summed E-state index contributed by atoms with van der Waals surface area (Å²) in [6.07, 6.45) is 0. The Kier molecular flexibility index (Phi) is 5.31. The minimum atomic E-state index is -0.202. The highest BCUT2D eigenvalue weighted by molar-refractivity contribution is 5.52. The second-order valence-electron chi connectivity index (χ2n) is 5.91. The van der Waals surface area contributed by atoms with Crippen molar-refractivity contribution in [3.05, 3.63) is 47.5 Å². The molecule has 2 aromatic rings. The average molecular weight is 345 g/mol. The number of benzene rings is 2. The number of methoxy groups -OCH3 is 2. The number of hydrogen-bond donors (Lipinski definition) is 2. The van der Waals surface area contributed by atoms with Crippen molar-refractivity contribution in [3.8, 4) is 23.0 Å². The Morgan fingerprint density at radius 3 is 2.24 bits per heavy atom. The largest absolute Gasteiger partial charge is 0.507 e. The van der Waals surface area contributed by atoms with E-state index in [0.717, 1.165) is 24.4 Å². The van der Waals surface area contributed by atoms with Crippen LogP contribution in [0.1, 0.15) is 17.2 Å². The Morgan fingerprint density at radius 1 is 0.960 bits per heavy atom. The summed E-state index contributed by atoms with van der Waals surface area (Å²) in [5, 5.41) is 20.7. The first kappa shape index (κ1) is 17.4. The van der Waals surface area contributed by atoms with Gasteiger partial charge in [-0.15, -0.1) is 0 Å². The van der Waals surface area contributed by atoms with Crippen LogP contribution in [0.2, 0.25) is 0 Å². The molecule has 0 aliphatic carbocycles. The minimum Gasteiger partial charge on any atom is -0.507 e. The Balaban J connectivity index is 2.05. The maximum absolute atomic E-state index is 10.5. The van der Waals surface area contributed by atoms with Gasteiger partial charge in [0.15, 0.2) is 11.5 Å². The van der Waals surface area contributed by atoms with Crippen LogP contribution in [0.4, 0.5) is 0 Å². The molecule has 0 spiro atoms. The third-order valence-electron chi connectivity index (χ3n) is 4.47. The molecule has 1 unspecified atom stereocenters. The fourth-order valence-electron chi connectivity index (χ4n) is 3.17. The fourth-order valence-corrected chi connectivity index (χ4v) is 3.17. The summed E-state index contributed by atoms with van der Waals surface area (Å²) in [4.78, 5) is 2.23. The fraction of sp³-hybridized carbons (Fsp3) is 0.368. The summed E-state index contributed by atoms with van der Waals surface area (Å²) in [7, 11) is 3.08. The first-order valence-corrected chi connectivity index (χ1v) is 8.19. The molecule has 25 heavy (non-hydrogen) atoms. The summed E-state index contributed by atoms with van der Waals surface area (Å²) >= 11 is 0. The number of morpholine rings is 1. The van der Waals surface area contributed by atoms with Crippen molar-refractivity contribution < 1.29 is 24.4 Å². The first-order chi connectivity index (χ1) is 12.1. The van der Waals surface area contributed by atoms with Gasteiger partial charge in [0.1, 0.15) is 11.5 Å². The normalized spacial score (nSPS) is 16.4. The van der Waals surface area contributed by atoms with Gasteiger partial charge in [0.05, 0.1) is 33.5 Å². The Labute approximate surface area is 147 Å². The van der Waals surface area contributed by atoms with Gasteiger partial charge in [0.2, 0.25) is 0 Å². The topological polar surface area (TPSA) is 71.4 Å². The SMILES string of the molecule is COc1ccc(C(c2cc(O)c(OC)cc2O)N2CCOCC2)cc1. The van der Waals surface area contributed by atoms with Crippen LogP contribution in [-0.2, 0) is 4.74 Å². The smallest absolute Gasteiger partial charge is 0.164 e. The van der Waals surface area contributed by atoms with E-state index in [1.807, 2.05) is 24.3 Å². The highest BCUT2D eigenvalue weighted by atomic mass is 16.5. The highest BCUT2D eigenvalue weighted by Gasteiger charge is 2.27. The summed E-state index contributed by atoms with van der Waals surface area (Å²) in [5.41, 5.74) is 1.63. The summed E-state index contributed by atoms with van der Waals surface area (Å²) in [6.45, 7) is 2.75. The maximum Gasteiger partial charge on any atom is 0.164 e. The van der Waals surface area contributed by atoms with Crippen LogP contribution in [0.25, 0.3) is 0 Å². The van der Waals surface area contributed by atoms with Crippen LogP contribution in [0.5, 0.6) is 23.0 Å². The summed E-state index contributed by atoms with van der Waals surface area (Å²) in [6, 6.07) is 10.5. The highest BCUT2D eigenvalue weighted by Crippen LogP contribution is 2.41.